The molecule has 0 saturated carbocycles. The molecule has 2 rings (SSSR count). The van der Waals surface area contributed by atoms with Crippen molar-refractivity contribution in [1.82, 2.24) is 10.2 Å². The average molecular weight is 492 g/mol. The van der Waals surface area contributed by atoms with Crippen molar-refractivity contribution in [3.8, 4) is 0 Å². The van der Waals surface area contributed by atoms with Crippen LogP contribution in [0.4, 0.5) is 10.1 Å². The molecule has 0 aromatic heterocycles. The van der Waals surface area contributed by atoms with E-state index in [1.807, 2.05) is 26.0 Å². The predicted molar refractivity (Wildman–Crippen MR) is 132 cm³/mol. The summed E-state index contributed by atoms with van der Waals surface area (Å²) in [6.07, 6.45) is 1.48. The molecule has 9 heteroatoms. The van der Waals surface area contributed by atoms with Gasteiger partial charge in [0.1, 0.15) is 11.9 Å². The fourth-order valence-corrected chi connectivity index (χ4v) is 4.53. The van der Waals surface area contributed by atoms with Gasteiger partial charge in [-0.1, -0.05) is 18.2 Å². The standard InChI is InChI=1S/C25H34FN3O4S/c1-6-27-25(31)20(4)28(17-21-10-12-22(26)13-11-21)24(30)8-7-15-29(34(5,32)33)23-14-9-18(2)19(3)16-23/h9-14,16,20H,6-8,15,17H2,1-5H3,(H,27,31). The van der Waals surface area contributed by atoms with Crippen molar-refractivity contribution in [3.05, 3.63) is 65.0 Å². The zero-order valence-corrected chi connectivity index (χ0v) is 21.3. The Morgan fingerprint density at radius 3 is 2.26 bits per heavy atom. The first-order chi connectivity index (χ1) is 15.9. The van der Waals surface area contributed by atoms with Gasteiger partial charge in [-0.15, -0.1) is 0 Å². The first kappa shape index (κ1) is 27.3. The summed E-state index contributed by atoms with van der Waals surface area (Å²) < 4.78 is 39.4. The van der Waals surface area contributed by atoms with Gasteiger partial charge in [-0.3, -0.25) is 13.9 Å². The highest BCUT2D eigenvalue weighted by Gasteiger charge is 2.26. The summed E-state index contributed by atoms with van der Waals surface area (Å²) in [5.41, 5.74) is 3.28. The Morgan fingerprint density at radius 2 is 1.71 bits per heavy atom. The van der Waals surface area contributed by atoms with Gasteiger partial charge < -0.3 is 10.2 Å². The van der Waals surface area contributed by atoms with Crippen LogP contribution in [0, 0.1) is 19.7 Å². The number of likely N-dealkylation sites (N-methyl/N-ethyl adjacent to an activating group) is 1. The molecular weight excluding hydrogens is 457 g/mol. The number of nitrogens with one attached hydrogen (secondary N) is 1. The second kappa shape index (κ2) is 12.0. The normalized spacial score (nSPS) is 12.2. The third kappa shape index (κ3) is 7.55. The Bertz CT molecular complexity index is 1100. The van der Waals surface area contributed by atoms with Gasteiger partial charge in [0.25, 0.3) is 0 Å². The summed E-state index contributed by atoms with van der Waals surface area (Å²) in [6.45, 7) is 8.01. The fraction of sp³-hybridized carbons (Fsp3) is 0.440. The van der Waals surface area contributed by atoms with Gasteiger partial charge >= 0.3 is 0 Å². The molecule has 2 aromatic carbocycles. The van der Waals surface area contributed by atoms with E-state index < -0.39 is 16.1 Å². The molecule has 2 aromatic rings. The molecule has 1 N–H and O–H groups in total. The monoisotopic (exact) mass is 491 g/mol. The molecule has 0 spiro atoms. The third-order valence-electron chi connectivity index (χ3n) is 5.72. The molecule has 0 heterocycles. The number of sulfonamides is 1. The second-order valence-electron chi connectivity index (χ2n) is 8.43. The highest BCUT2D eigenvalue weighted by Crippen LogP contribution is 2.22. The lowest BCUT2D eigenvalue weighted by molar-refractivity contribution is -0.140. The van der Waals surface area contributed by atoms with Crippen LogP contribution in [0.15, 0.2) is 42.5 Å². The summed E-state index contributed by atoms with van der Waals surface area (Å²) in [6, 6.07) is 10.5. The molecule has 0 aliphatic rings. The van der Waals surface area contributed by atoms with E-state index in [-0.39, 0.29) is 43.6 Å². The second-order valence-corrected chi connectivity index (χ2v) is 10.3. The van der Waals surface area contributed by atoms with Crippen LogP contribution in [0.25, 0.3) is 0 Å². The lowest BCUT2D eigenvalue weighted by Crippen LogP contribution is -2.47. The van der Waals surface area contributed by atoms with Crippen LogP contribution in [0.5, 0.6) is 0 Å². The molecule has 2 amide bonds. The number of carbonyl (C=O) groups excluding carboxylic acids is 2. The molecule has 0 saturated heterocycles. The highest BCUT2D eigenvalue weighted by molar-refractivity contribution is 7.92. The van der Waals surface area contributed by atoms with E-state index in [1.165, 1.54) is 21.3 Å². The number of amides is 2. The molecule has 1 unspecified atom stereocenters. The minimum atomic E-state index is -3.55. The molecule has 0 aliphatic carbocycles. The van der Waals surface area contributed by atoms with Crippen LogP contribution >= 0.6 is 0 Å². The lowest BCUT2D eigenvalue weighted by Gasteiger charge is -2.29. The van der Waals surface area contributed by atoms with Crippen molar-refractivity contribution in [3.63, 3.8) is 0 Å². The van der Waals surface area contributed by atoms with E-state index in [9.17, 15) is 22.4 Å². The van der Waals surface area contributed by atoms with E-state index in [4.69, 9.17) is 0 Å². The number of hydrogen-bond acceptors (Lipinski definition) is 4. The quantitative estimate of drug-likeness (QED) is 0.521. The van der Waals surface area contributed by atoms with E-state index >= 15 is 0 Å². The molecule has 186 valence electrons. The van der Waals surface area contributed by atoms with Crippen LogP contribution in [0.1, 0.15) is 43.4 Å². The number of carbonyl (C=O) groups is 2. The van der Waals surface area contributed by atoms with Crippen molar-refractivity contribution in [1.29, 1.82) is 0 Å². The smallest absolute Gasteiger partial charge is 0.242 e. The minimum absolute atomic E-state index is 0.0573. The van der Waals surface area contributed by atoms with Crippen LogP contribution < -0.4 is 9.62 Å². The maximum atomic E-state index is 13.3. The zero-order chi connectivity index (χ0) is 25.5. The van der Waals surface area contributed by atoms with Crippen molar-refractivity contribution < 1.29 is 22.4 Å². The van der Waals surface area contributed by atoms with Gasteiger partial charge in [-0.05, 0) is 75.1 Å². The third-order valence-corrected chi connectivity index (χ3v) is 6.91. The largest absolute Gasteiger partial charge is 0.355 e. The van der Waals surface area contributed by atoms with Crippen molar-refractivity contribution in [2.24, 2.45) is 0 Å². The number of rotatable bonds is 11. The van der Waals surface area contributed by atoms with Gasteiger partial charge in [0.15, 0.2) is 0 Å². The van der Waals surface area contributed by atoms with Crippen LogP contribution in [-0.2, 0) is 26.2 Å². The van der Waals surface area contributed by atoms with Crippen molar-refractivity contribution >= 4 is 27.5 Å². The first-order valence-corrected chi connectivity index (χ1v) is 13.2. The van der Waals surface area contributed by atoms with Crippen LogP contribution in [0.2, 0.25) is 0 Å². The van der Waals surface area contributed by atoms with E-state index in [0.29, 0.717) is 17.8 Å². The van der Waals surface area contributed by atoms with E-state index in [0.717, 1.165) is 17.4 Å². The van der Waals surface area contributed by atoms with Gasteiger partial charge in [-0.2, -0.15) is 0 Å². The summed E-state index contributed by atoms with van der Waals surface area (Å²) in [4.78, 5) is 27.0. The zero-order valence-electron chi connectivity index (χ0n) is 20.5. The Kier molecular flexibility index (Phi) is 9.61. The number of nitrogens with zero attached hydrogens (tertiary/aromatic N) is 2. The average Bonchev–Trinajstić information content (AvgIpc) is 2.77. The molecule has 0 radical (unpaired) electrons. The molecule has 7 nitrogen and oxygen atoms in total. The summed E-state index contributed by atoms with van der Waals surface area (Å²) in [5, 5.41) is 2.72. The molecule has 0 bridgehead atoms. The van der Waals surface area contributed by atoms with E-state index in [1.54, 1.807) is 32.0 Å². The van der Waals surface area contributed by atoms with Gasteiger partial charge in [0.05, 0.1) is 11.9 Å². The Labute approximate surface area is 202 Å². The Hall–Kier alpha value is -2.94. The number of hydrogen-bond donors (Lipinski definition) is 1. The molecule has 0 aliphatic heterocycles. The molecule has 0 fully saturated rings. The van der Waals surface area contributed by atoms with Gasteiger partial charge in [-0.25, -0.2) is 12.8 Å². The summed E-state index contributed by atoms with van der Waals surface area (Å²) in [5.74, 6) is -0.951. The van der Waals surface area contributed by atoms with Gasteiger partial charge in [0, 0.05) is 26.1 Å². The molecule has 34 heavy (non-hydrogen) atoms. The predicted octanol–water partition coefficient (Wildman–Crippen LogP) is 3.54. The molecular formula is C25H34FN3O4S. The number of benzene rings is 2. The minimum Gasteiger partial charge on any atom is -0.355 e. The van der Waals surface area contributed by atoms with Crippen molar-refractivity contribution in [2.75, 3.05) is 23.7 Å². The Morgan fingerprint density at radius 1 is 1.06 bits per heavy atom. The Balaban J connectivity index is 2.16. The summed E-state index contributed by atoms with van der Waals surface area (Å²) in [7, 11) is -3.55. The maximum Gasteiger partial charge on any atom is 0.242 e. The number of anilines is 1. The highest BCUT2D eigenvalue weighted by atomic mass is 32.2. The van der Waals surface area contributed by atoms with Crippen LogP contribution in [-0.4, -0.2) is 50.5 Å². The van der Waals surface area contributed by atoms with E-state index in [2.05, 4.69) is 5.32 Å². The number of aryl methyl sites for hydroxylation is 2. The topological polar surface area (TPSA) is 86.8 Å². The van der Waals surface area contributed by atoms with Crippen molar-refractivity contribution in [2.45, 2.75) is 53.1 Å². The fourth-order valence-electron chi connectivity index (χ4n) is 3.58. The van der Waals surface area contributed by atoms with Crippen LogP contribution in [0.3, 0.4) is 0 Å². The van der Waals surface area contributed by atoms with Gasteiger partial charge in [0.2, 0.25) is 21.8 Å². The lowest BCUT2D eigenvalue weighted by atomic mass is 10.1. The maximum absolute atomic E-state index is 13.3. The summed E-state index contributed by atoms with van der Waals surface area (Å²) >= 11 is 0. The SMILES string of the molecule is CCNC(=O)C(C)N(Cc1ccc(F)cc1)C(=O)CCCN(c1ccc(C)c(C)c1)S(C)(=O)=O. The molecule has 1 atom stereocenters. The first-order valence-electron chi connectivity index (χ1n) is 11.3. The number of halogens is 1.